The highest BCUT2D eigenvalue weighted by Gasteiger charge is 2.22. The number of nitrogens with zero attached hydrogens (tertiary/aromatic N) is 3. The molecule has 1 aromatic heterocycles. The molecule has 0 N–H and O–H groups in total. The number of carbonyl (C=O) groups excluding carboxylic acids is 1. The second kappa shape index (κ2) is 8.66. The fourth-order valence-corrected chi connectivity index (χ4v) is 4.00. The highest BCUT2D eigenvalue weighted by Crippen LogP contribution is 2.29. The molecule has 0 spiro atoms. The van der Waals surface area contributed by atoms with Gasteiger partial charge in [0.25, 0.3) is 0 Å². The van der Waals surface area contributed by atoms with Crippen molar-refractivity contribution in [3.8, 4) is 5.75 Å². The van der Waals surface area contributed by atoms with Gasteiger partial charge in [0.1, 0.15) is 18.2 Å². The van der Waals surface area contributed by atoms with Gasteiger partial charge in [-0.1, -0.05) is 40.9 Å². The summed E-state index contributed by atoms with van der Waals surface area (Å²) in [7, 11) is 0. The summed E-state index contributed by atoms with van der Waals surface area (Å²) < 4.78 is 5.71. The van der Waals surface area contributed by atoms with Gasteiger partial charge < -0.3 is 14.5 Å². The van der Waals surface area contributed by atoms with E-state index in [-0.39, 0.29) is 5.91 Å². The quantitative estimate of drug-likeness (QED) is 0.635. The van der Waals surface area contributed by atoms with Crippen LogP contribution in [0.5, 0.6) is 5.75 Å². The lowest BCUT2D eigenvalue weighted by Gasteiger charge is -2.35. The molecular weight excluding hydrogens is 433 g/mol. The number of rotatable bonds is 3. The van der Waals surface area contributed by atoms with Crippen molar-refractivity contribution in [2.75, 3.05) is 37.7 Å². The lowest BCUT2D eigenvalue weighted by Crippen LogP contribution is -2.48. The second-order valence-corrected chi connectivity index (χ2v) is 8.07. The molecule has 4 rings (SSSR count). The molecule has 29 heavy (non-hydrogen) atoms. The number of fused-ring (bicyclic) bond motifs is 1. The van der Waals surface area contributed by atoms with Crippen LogP contribution < -0.4 is 9.64 Å². The van der Waals surface area contributed by atoms with E-state index >= 15 is 0 Å². The van der Waals surface area contributed by atoms with Gasteiger partial charge in [-0.15, -0.1) is 0 Å². The van der Waals surface area contributed by atoms with Crippen LogP contribution in [0.3, 0.4) is 0 Å². The van der Waals surface area contributed by atoms with E-state index in [1.165, 1.54) is 0 Å². The number of carbonyl (C=O) groups is 1. The van der Waals surface area contributed by atoms with Crippen molar-refractivity contribution in [1.82, 2.24) is 9.88 Å². The average molecular weight is 451 g/mol. The molecule has 150 valence electrons. The minimum Gasteiger partial charge on any atom is -0.488 e. The van der Waals surface area contributed by atoms with Gasteiger partial charge in [0, 0.05) is 49.0 Å². The third kappa shape index (κ3) is 4.69. The molecule has 0 unspecified atom stereocenters. The molecule has 0 saturated carbocycles. The Bertz CT molecular complexity index is 999. The maximum Gasteiger partial charge on any atom is 0.246 e. The number of pyridine rings is 1. The minimum atomic E-state index is -0.0300. The van der Waals surface area contributed by atoms with Crippen LogP contribution in [-0.2, 0) is 4.79 Å². The van der Waals surface area contributed by atoms with E-state index in [1.807, 2.05) is 23.1 Å². The zero-order valence-corrected chi connectivity index (χ0v) is 17.7. The Kier molecular flexibility index (Phi) is 5.99. The Morgan fingerprint density at radius 3 is 2.62 bits per heavy atom. The lowest BCUT2D eigenvalue weighted by atomic mass is 10.1. The fourth-order valence-electron chi connectivity index (χ4n) is 3.32. The predicted octanol–water partition coefficient (Wildman–Crippen LogP) is 4.72. The SMILES string of the molecule is O=C(/C=C/C1=Cc2cc(Cl)ccc2OC1)N1CCN(c2ncc(Cl)cc2Cl)CC1. The van der Waals surface area contributed by atoms with Crippen LogP contribution in [0, 0.1) is 0 Å². The Balaban J connectivity index is 1.36. The number of halogens is 3. The van der Waals surface area contributed by atoms with E-state index in [1.54, 1.807) is 30.5 Å². The van der Waals surface area contributed by atoms with Crippen molar-refractivity contribution in [3.05, 3.63) is 68.8 Å². The van der Waals surface area contributed by atoms with Crippen LogP contribution in [0.1, 0.15) is 5.56 Å². The van der Waals surface area contributed by atoms with Crippen LogP contribution in [0.2, 0.25) is 15.1 Å². The lowest BCUT2D eigenvalue weighted by molar-refractivity contribution is -0.126. The molecule has 0 radical (unpaired) electrons. The maximum absolute atomic E-state index is 12.6. The Labute approximate surface area is 184 Å². The third-order valence-corrected chi connectivity index (χ3v) is 5.55. The molecule has 0 bridgehead atoms. The predicted molar refractivity (Wildman–Crippen MR) is 117 cm³/mol. The Morgan fingerprint density at radius 2 is 1.86 bits per heavy atom. The van der Waals surface area contributed by atoms with E-state index in [4.69, 9.17) is 39.5 Å². The smallest absolute Gasteiger partial charge is 0.246 e. The summed E-state index contributed by atoms with van der Waals surface area (Å²) in [4.78, 5) is 20.7. The van der Waals surface area contributed by atoms with Crippen LogP contribution in [0.4, 0.5) is 5.82 Å². The van der Waals surface area contributed by atoms with Crippen molar-refractivity contribution >= 4 is 52.6 Å². The van der Waals surface area contributed by atoms with Gasteiger partial charge in [-0.25, -0.2) is 4.98 Å². The van der Waals surface area contributed by atoms with Crippen LogP contribution in [0.25, 0.3) is 6.08 Å². The monoisotopic (exact) mass is 449 g/mol. The average Bonchev–Trinajstić information content (AvgIpc) is 2.72. The minimum absolute atomic E-state index is 0.0300. The van der Waals surface area contributed by atoms with Gasteiger partial charge in [-0.05, 0) is 35.9 Å². The van der Waals surface area contributed by atoms with Crippen molar-refractivity contribution in [2.24, 2.45) is 0 Å². The van der Waals surface area contributed by atoms with E-state index in [2.05, 4.69) is 9.88 Å². The summed E-state index contributed by atoms with van der Waals surface area (Å²) in [6, 6.07) is 7.17. The number of hydrogen-bond donors (Lipinski definition) is 0. The number of anilines is 1. The summed E-state index contributed by atoms with van der Waals surface area (Å²) in [5, 5.41) is 1.67. The second-order valence-electron chi connectivity index (χ2n) is 6.79. The first-order valence-corrected chi connectivity index (χ1v) is 10.3. The number of hydrogen-bond acceptors (Lipinski definition) is 4. The molecule has 1 saturated heterocycles. The van der Waals surface area contributed by atoms with Crippen LogP contribution in [-0.4, -0.2) is 48.6 Å². The summed E-state index contributed by atoms with van der Waals surface area (Å²) in [5.74, 6) is 1.46. The standard InChI is InChI=1S/C21H18Cl3N3O2/c22-16-2-3-19-15(10-16)9-14(13-29-19)1-4-20(28)26-5-7-27(8-6-26)21-18(24)11-17(23)12-25-21/h1-4,9-12H,5-8,13H2/b4-1+. The highest BCUT2D eigenvalue weighted by atomic mass is 35.5. The molecular formula is C21H18Cl3N3O2. The Morgan fingerprint density at radius 1 is 1.07 bits per heavy atom. The number of benzene rings is 1. The molecule has 2 aliphatic rings. The van der Waals surface area contributed by atoms with E-state index < -0.39 is 0 Å². The third-order valence-electron chi connectivity index (χ3n) is 4.83. The van der Waals surface area contributed by atoms with Crippen molar-refractivity contribution in [1.29, 1.82) is 0 Å². The van der Waals surface area contributed by atoms with E-state index in [9.17, 15) is 4.79 Å². The fraction of sp³-hybridized carbons (Fsp3) is 0.238. The Hall–Kier alpha value is -2.21. The molecule has 2 aliphatic heterocycles. The number of ether oxygens (including phenoxy) is 1. The molecule has 1 fully saturated rings. The normalized spacial score (nSPS) is 16.4. The first kappa shape index (κ1) is 20.1. The van der Waals surface area contributed by atoms with Crippen LogP contribution >= 0.6 is 34.8 Å². The maximum atomic E-state index is 12.6. The van der Waals surface area contributed by atoms with Crippen molar-refractivity contribution in [2.45, 2.75) is 0 Å². The van der Waals surface area contributed by atoms with Crippen molar-refractivity contribution in [3.63, 3.8) is 0 Å². The summed E-state index contributed by atoms with van der Waals surface area (Å²) in [6.07, 6.45) is 6.96. The van der Waals surface area contributed by atoms with Gasteiger partial charge in [0.2, 0.25) is 5.91 Å². The van der Waals surface area contributed by atoms with E-state index in [0.717, 1.165) is 16.9 Å². The van der Waals surface area contributed by atoms with Gasteiger partial charge in [-0.3, -0.25) is 4.79 Å². The van der Waals surface area contributed by atoms with Crippen molar-refractivity contribution < 1.29 is 9.53 Å². The molecule has 0 atom stereocenters. The molecule has 3 heterocycles. The number of amides is 1. The molecule has 1 aromatic carbocycles. The van der Waals surface area contributed by atoms with Gasteiger partial charge in [-0.2, -0.15) is 0 Å². The first-order chi connectivity index (χ1) is 14.0. The number of aromatic nitrogens is 1. The number of piperazine rings is 1. The molecule has 1 amide bonds. The zero-order valence-electron chi connectivity index (χ0n) is 15.4. The summed E-state index contributed by atoms with van der Waals surface area (Å²) >= 11 is 18.2. The molecule has 8 heteroatoms. The first-order valence-electron chi connectivity index (χ1n) is 9.15. The van der Waals surface area contributed by atoms with Crippen LogP contribution in [0.15, 0.2) is 48.2 Å². The van der Waals surface area contributed by atoms with Gasteiger partial charge in [0.05, 0.1) is 10.0 Å². The summed E-state index contributed by atoms with van der Waals surface area (Å²) in [6.45, 7) is 2.93. The van der Waals surface area contributed by atoms with E-state index in [0.29, 0.717) is 53.7 Å². The largest absolute Gasteiger partial charge is 0.488 e. The zero-order chi connectivity index (χ0) is 20.4. The topological polar surface area (TPSA) is 45.7 Å². The molecule has 5 nitrogen and oxygen atoms in total. The molecule has 2 aromatic rings. The highest BCUT2D eigenvalue weighted by molar-refractivity contribution is 6.36. The summed E-state index contributed by atoms with van der Waals surface area (Å²) in [5.41, 5.74) is 1.83. The van der Waals surface area contributed by atoms with Gasteiger partial charge >= 0.3 is 0 Å². The van der Waals surface area contributed by atoms with Gasteiger partial charge in [0.15, 0.2) is 0 Å². The molecule has 0 aliphatic carbocycles.